The van der Waals surface area contributed by atoms with Gasteiger partial charge in [0.05, 0.1) is 0 Å². The highest BCUT2D eigenvalue weighted by molar-refractivity contribution is 5.90. The zero-order valence-corrected chi connectivity index (χ0v) is 9.63. The Kier molecular flexibility index (Phi) is 3.75. The number of carbonyl (C=O) groups excluding carboxylic acids is 1. The fourth-order valence-corrected chi connectivity index (χ4v) is 1.92. The number of nitrogens with two attached hydrogens (primary N) is 1. The van der Waals surface area contributed by atoms with Gasteiger partial charge in [0.2, 0.25) is 11.8 Å². The van der Waals surface area contributed by atoms with Crippen LogP contribution in [-0.2, 0) is 4.79 Å². The number of hydrogen-bond acceptors (Lipinski definition) is 3. The van der Waals surface area contributed by atoms with E-state index in [0.717, 1.165) is 18.4 Å². The molecule has 1 aromatic heterocycles. The van der Waals surface area contributed by atoms with Gasteiger partial charge in [-0.15, -0.1) is 0 Å². The molecule has 2 rings (SSSR count). The monoisotopic (exact) mass is 232 g/mol. The maximum atomic E-state index is 10.6. The largest absolute Gasteiger partial charge is 0.474 e. The number of pyridine rings is 1. The molecule has 0 aliphatic heterocycles. The minimum absolute atomic E-state index is 0.314. The Morgan fingerprint density at radius 3 is 2.76 bits per heavy atom. The fraction of sp³-hybridized carbons (Fsp3) is 0.385. The summed E-state index contributed by atoms with van der Waals surface area (Å²) in [6, 6.07) is 3.68. The molecule has 0 saturated heterocycles. The molecule has 90 valence electrons. The molecule has 0 unspecified atom stereocenters. The molecule has 1 fully saturated rings. The minimum Gasteiger partial charge on any atom is -0.474 e. The van der Waals surface area contributed by atoms with Gasteiger partial charge >= 0.3 is 0 Å². The molecule has 4 nitrogen and oxygen atoms in total. The van der Waals surface area contributed by atoms with Crippen LogP contribution in [0, 0.1) is 0 Å². The Morgan fingerprint density at radius 2 is 2.18 bits per heavy atom. The normalized spacial score (nSPS) is 16.5. The summed E-state index contributed by atoms with van der Waals surface area (Å²) in [7, 11) is 0. The molecule has 0 bridgehead atoms. The van der Waals surface area contributed by atoms with Gasteiger partial charge in [0.15, 0.2) is 0 Å². The first-order valence-corrected chi connectivity index (χ1v) is 5.84. The van der Waals surface area contributed by atoms with Crippen molar-refractivity contribution >= 4 is 12.0 Å². The lowest BCUT2D eigenvalue weighted by Gasteiger charge is -2.11. The van der Waals surface area contributed by atoms with E-state index in [-0.39, 0.29) is 0 Å². The Bertz CT molecular complexity index is 406. The van der Waals surface area contributed by atoms with Crippen LogP contribution in [0.3, 0.4) is 0 Å². The van der Waals surface area contributed by atoms with E-state index in [4.69, 9.17) is 10.5 Å². The summed E-state index contributed by atoms with van der Waals surface area (Å²) in [5, 5.41) is 0. The topological polar surface area (TPSA) is 65.2 Å². The summed E-state index contributed by atoms with van der Waals surface area (Å²) >= 11 is 0. The van der Waals surface area contributed by atoms with Crippen molar-refractivity contribution < 1.29 is 9.53 Å². The molecule has 0 atom stereocenters. The molecule has 0 aromatic carbocycles. The smallest absolute Gasteiger partial charge is 0.241 e. The number of nitrogens with zero attached hydrogens (tertiary/aromatic N) is 1. The molecule has 1 aromatic rings. The number of ether oxygens (including phenoxy) is 1. The van der Waals surface area contributed by atoms with Gasteiger partial charge in [0, 0.05) is 18.3 Å². The lowest BCUT2D eigenvalue weighted by Crippen LogP contribution is -2.11. The zero-order chi connectivity index (χ0) is 12.1. The predicted octanol–water partition coefficient (Wildman–Crippen LogP) is 1.90. The van der Waals surface area contributed by atoms with Gasteiger partial charge < -0.3 is 10.5 Å². The predicted molar refractivity (Wildman–Crippen MR) is 65.3 cm³/mol. The van der Waals surface area contributed by atoms with Crippen LogP contribution < -0.4 is 10.5 Å². The number of amides is 1. The van der Waals surface area contributed by atoms with E-state index in [0.29, 0.717) is 12.0 Å². The first kappa shape index (κ1) is 11.6. The maximum absolute atomic E-state index is 10.6. The molecular formula is C13H16N2O2. The number of carbonyl (C=O) groups is 1. The number of rotatable bonds is 4. The SMILES string of the molecule is NC(=O)/C=C\c1ccc(OC2CCCC2)nc1. The molecule has 1 amide bonds. The summed E-state index contributed by atoms with van der Waals surface area (Å²) in [5.41, 5.74) is 5.84. The van der Waals surface area contributed by atoms with Gasteiger partial charge in [-0.3, -0.25) is 4.79 Å². The third-order valence-corrected chi connectivity index (χ3v) is 2.79. The van der Waals surface area contributed by atoms with Crippen LogP contribution in [0.2, 0.25) is 0 Å². The molecule has 17 heavy (non-hydrogen) atoms. The van der Waals surface area contributed by atoms with E-state index in [2.05, 4.69) is 4.98 Å². The average Bonchev–Trinajstić information content (AvgIpc) is 2.81. The van der Waals surface area contributed by atoms with Crippen LogP contribution in [0.5, 0.6) is 5.88 Å². The average molecular weight is 232 g/mol. The summed E-state index contributed by atoms with van der Waals surface area (Å²) < 4.78 is 5.73. The maximum Gasteiger partial charge on any atom is 0.241 e. The standard InChI is InChI=1S/C13H16N2O2/c14-12(16)7-5-10-6-8-13(15-9-10)17-11-3-1-2-4-11/h5-9,11H,1-4H2,(H2,14,16)/b7-5-. The Labute approximate surface area is 100 Å². The van der Waals surface area contributed by atoms with Crippen molar-refractivity contribution in [3.63, 3.8) is 0 Å². The van der Waals surface area contributed by atoms with Gasteiger partial charge in [-0.25, -0.2) is 4.98 Å². The number of aromatic nitrogens is 1. The number of hydrogen-bond donors (Lipinski definition) is 1. The zero-order valence-electron chi connectivity index (χ0n) is 9.63. The van der Waals surface area contributed by atoms with Gasteiger partial charge in [0.25, 0.3) is 0 Å². The second kappa shape index (κ2) is 5.48. The van der Waals surface area contributed by atoms with Crippen LogP contribution in [0.4, 0.5) is 0 Å². The summed E-state index contributed by atoms with van der Waals surface area (Å²) in [5.74, 6) is 0.185. The van der Waals surface area contributed by atoms with Crippen molar-refractivity contribution in [2.24, 2.45) is 5.73 Å². The van der Waals surface area contributed by atoms with Crippen molar-refractivity contribution in [3.8, 4) is 5.88 Å². The molecule has 0 radical (unpaired) electrons. The summed E-state index contributed by atoms with van der Waals surface area (Å²) in [4.78, 5) is 14.8. The first-order chi connectivity index (χ1) is 8.24. The quantitative estimate of drug-likeness (QED) is 0.806. The van der Waals surface area contributed by atoms with Crippen molar-refractivity contribution in [2.75, 3.05) is 0 Å². The molecule has 4 heteroatoms. The van der Waals surface area contributed by atoms with Crippen molar-refractivity contribution in [2.45, 2.75) is 31.8 Å². The highest BCUT2D eigenvalue weighted by atomic mass is 16.5. The lowest BCUT2D eigenvalue weighted by molar-refractivity contribution is -0.113. The third kappa shape index (κ3) is 3.59. The Balaban J connectivity index is 1.95. The van der Waals surface area contributed by atoms with Gasteiger partial charge in [-0.2, -0.15) is 0 Å². The van der Waals surface area contributed by atoms with Crippen molar-refractivity contribution in [1.29, 1.82) is 0 Å². The van der Waals surface area contributed by atoms with Crippen molar-refractivity contribution in [1.82, 2.24) is 4.98 Å². The van der Waals surface area contributed by atoms with Crippen LogP contribution in [0.15, 0.2) is 24.4 Å². The van der Waals surface area contributed by atoms with E-state index in [9.17, 15) is 4.79 Å². The molecule has 1 heterocycles. The Hall–Kier alpha value is -1.84. The Morgan fingerprint density at radius 1 is 1.41 bits per heavy atom. The summed E-state index contributed by atoms with van der Waals surface area (Å²) in [6.07, 6.45) is 9.64. The first-order valence-electron chi connectivity index (χ1n) is 5.84. The van der Waals surface area contributed by atoms with Gasteiger partial charge in [-0.1, -0.05) is 0 Å². The molecule has 1 aliphatic carbocycles. The fourth-order valence-electron chi connectivity index (χ4n) is 1.92. The van der Waals surface area contributed by atoms with E-state index in [1.807, 2.05) is 12.1 Å². The van der Waals surface area contributed by atoms with Crippen molar-refractivity contribution in [3.05, 3.63) is 30.0 Å². The minimum atomic E-state index is -0.462. The second-order valence-corrected chi connectivity index (χ2v) is 4.19. The van der Waals surface area contributed by atoms with Gasteiger partial charge in [-0.05, 0) is 43.4 Å². The molecule has 1 aliphatic rings. The molecule has 0 spiro atoms. The van der Waals surface area contributed by atoms with Crippen LogP contribution in [0.1, 0.15) is 31.2 Å². The molecule has 1 saturated carbocycles. The highest BCUT2D eigenvalue weighted by Crippen LogP contribution is 2.22. The number of primary amides is 1. The van der Waals surface area contributed by atoms with Gasteiger partial charge in [0.1, 0.15) is 6.10 Å². The van der Waals surface area contributed by atoms with E-state index in [1.165, 1.54) is 18.9 Å². The van der Waals surface area contributed by atoms with E-state index < -0.39 is 5.91 Å². The van der Waals surface area contributed by atoms with E-state index >= 15 is 0 Å². The van der Waals surface area contributed by atoms with Crippen LogP contribution >= 0.6 is 0 Å². The molecular weight excluding hydrogens is 216 g/mol. The molecule has 2 N–H and O–H groups in total. The summed E-state index contributed by atoms with van der Waals surface area (Å²) in [6.45, 7) is 0. The van der Waals surface area contributed by atoms with Crippen LogP contribution in [-0.4, -0.2) is 17.0 Å². The lowest BCUT2D eigenvalue weighted by atomic mass is 10.2. The van der Waals surface area contributed by atoms with E-state index in [1.54, 1.807) is 12.3 Å². The van der Waals surface area contributed by atoms with Crippen LogP contribution in [0.25, 0.3) is 6.08 Å². The third-order valence-electron chi connectivity index (χ3n) is 2.79. The highest BCUT2D eigenvalue weighted by Gasteiger charge is 2.16. The second-order valence-electron chi connectivity index (χ2n) is 4.19.